The first-order valence-corrected chi connectivity index (χ1v) is 5.94. The number of carbonyl (C=O) groups is 1. The molecule has 0 bridgehead atoms. The van der Waals surface area contributed by atoms with Gasteiger partial charge in [0.15, 0.2) is 0 Å². The van der Waals surface area contributed by atoms with Crippen LogP contribution in [0.3, 0.4) is 0 Å². The molecule has 19 heavy (non-hydrogen) atoms. The number of anilines is 1. The second-order valence-electron chi connectivity index (χ2n) is 4.19. The summed E-state index contributed by atoms with van der Waals surface area (Å²) in [4.78, 5) is 21.6. The van der Waals surface area contributed by atoms with Gasteiger partial charge in [-0.2, -0.15) is 0 Å². The molecule has 2 aromatic heterocycles. The van der Waals surface area contributed by atoms with Crippen molar-refractivity contribution in [2.24, 2.45) is 0 Å². The van der Waals surface area contributed by atoms with E-state index in [0.29, 0.717) is 6.54 Å². The van der Waals surface area contributed by atoms with Crippen LogP contribution >= 0.6 is 0 Å². The molecule has 0 spiro atoms. The van der Waals surface area contributed by atoms with Gasteiger partial charge >= 0.3 is 0 Å². The minimum Gasteiger partial charge on any atom is -0.367 e. The Morgan fingerprint density at radius 3 is 2.89 bits per heavy atom. The van der Waals surface area contributed by atoms with Crippen LogP contribution in [0, 0.1) is 0 Å². The molecular formula is C12H16N6O. The highest BCUT2D eigenvalue weighted by Gasteiger charge is 2.10. The summed E-state index contributed by atoms with van der Waals surface area (Å²) in [6.07, 6.45) is 3.91. The maximum absolute atomic E-state index is 11.9. The van der Waals surface area contributed by atoms with Crippen LogP contribution in [-0.4, -0.2) is 44.1 Å². The van der Waals surface area contributed by atoms with Gasteiger partial charge in [0, 0.05) is 31.9 Å². The van der Waals surface area contributed by atoms with Crippen LogP contribution in [0.1, 0.15) is 5.69 Å². The number of rotatable bonds is 5. The summed E-state index contributed by atoms with van der Waals surface area (Å²) in [6, 6.07) is 5.74. The lowest BCUT2D eigenvalue weighted by atomic mass is 10.2. The molecule has 0 unspecified atom stereocenters. The average Bonchev–Trinajstić information content (AvgIpc) is 2.82. The number of amides is 1. The van der Waals surface area contributed by atoms with E-state index in [1.54, 1.807) is 18.1 Å². The van der Waals surface area contributed by atoms with Gasteiger partial charge < -0.3 is 10.6 Å². The normalized spacial score (nSPS) is 10.4. The predicted molar refractivity (Wildman–Crippen MR) is 70.0 cm³/mol. The molecule has 1 amide bonds. The number of likely N-dealkylation sites (N-methyl/N-ethyl adjacent to an activating group) is 1. The van der Waals surface area contributed by atoms with Crippen molar-refractivity contribution in [1.82, 2.24) is 24.6 Å². The van der Waals surface area contributed by atoms with Crippen molar-refractivity contribution in [3.63, 3.8) is 0 Å². The van der Waals surface area contributed by atoms with Gasteiger partial charge in [0.25, 0.3) is 0 Å². The zero-order chi connectivity index (χ0) is 13.7. The lowest BCUT2D eigenvalue weighted by Gasteiger charge is -2.16. The molecule has 0 radical (unpaired) electrons. The second-order valence-corrected chi connectivity index (χ2v) is 4.19. The molecule has 7 nitrogen and oxygen atoms in total. The van der Waals surface area contributed by atoms with Gasteiger partial charge in [-0.1, -0.05) is 6.07 Å². The fraction of sp³-hybridized carbons (Fsp3) is 0.333. The van der Waals surface area contributed by atoms with Crippen molar-refractivity contribution in [2.45, 2.75) is 13.0 Å². The fourth-order valence-corrected chi connectivity index (χ4v) is 1.60. The summed E-state index contributed by atoms with van der Waals surface area (Å²) in [5.41, 5.74) is 6.35. The van der Waals surface area contributed by atoms with Crippen LogP contribution in [-0.2, 0) is 17.8 Å². The molecule has 2 aromatic rings. The fourth-order valence-electron chi connectivity index (χ4n) is 1.60. The lowest BCUT2D eigenvalue weighted by molar-refractivity contribution is -0.130. The van der Waals surface area contributed by atoms with Crippen LogP contribution in [0.25, 0.3) is 0 Å². The summed E-state index contributed by atoms with van der Waals surface area (Å²) in [7, 11) is 1.76. The number of nitrogens with zero attached hydrogens (tertiary/aromatic N) is 5. The third-order valence-electron chi connectivity index (χ3n) is 2.71. The van der Waals surface area contributed by atoms with E-state index in [1.165, 1.54) is 11.0 Å². The quantitative estimate of drug-likeness (QED) is 0.814. The molecule has 2 heterocycles. The Morgan fingerprint density at radius 1 is 1.42 bits per heavy atom. The number of hydrogen-bond donors (Lipinski definition) is 1. The minimum absolute atomic E-state index is 0.0409. The first-order valence-electron chi connectivity index (χ1n) is 5.94. The molecule has 0 aliphatic heterocycles. The number of nitrogens with two attached hydrogens (primary N) is 1. The van der Waals surface area contributed by atoms with Crippen molar-refractivity contribution in [2.75, 3.05) is 19.3 Å². The number of hydrogen-bond acceptors (Lipinski definition) is 5. The highest BCUT2D eigenvalue weighted by molar-refractivity contribution is 5.75. The standard InChI is InChI=1S/C12H16N6O/c1-17(7-5-10-4-2-3-6-14-10)11(19)8-18-9-15-12(13)16-18/h2-4,6,9H,5,7-8H2,1H3,(H2,13,16). The largest absolute Gasteiger partial charge is 0.367 e. The van der Waals surface area contributed by atoms with E-state index >= 15 is 0 Å². The van der Waals surface area contributed by atoms with Gasteiger partial charge in [-0.05, 0) is 12.1 Å². The summed E-state index contributed by atoms with van der Waals surface area (Å²) in [6.45, 7) is 0.753. The first kappa shape index (κ1) is 13.0. The van der Waals surface area contributed by atoms with Crippen molar-refractivity contribution in [3.8, 4) is 0 Å². The summed E-state index contributed by atoms with van der Waals surface area (Å²) in [5, 5.41) is 3.87. The molecule has 2 N–H and O–H groups in total. The second kappa shape index (κ2) is 5.94. The van der Waals surface area contributed by atoms with E-state index in [1.807, 2.05) is 18.2 Å². The number of pyridine rings is 1. The Morgan fingerprint density at radius 2 is 2.26 bits per heavy atom. The van der Waals surface area contributed by atoms with E-state index in [2.05, 4.69) is 15.1 Å². The van der Waals surface area contributed by atoms with E-state index in [4.69, 9.17) is 5.73 Å². The Balaban J connectivity index is 1.82. The van der Waals surface area contributed by atoms with Crippen LogP contribution in [0.4, 0.5) is 5.95 Å². The maximum atomic E-state index is 11.9. The molecule has 0 fully saturated rings. The number of nitrogen functional groups attached to an aromatic ring is 1. The molecule has 0 saturated heterocycles. The Hall–Kier alpha value is -2.44. The van der Waals surface area contributed by atoms with Crippen molar-refractivity contribution >= 4 is 11.9 Å². The van der Waals surface area contributed by atoms with Crippen LogP contribution in [0.15, 0.2) is 30.7 Å². The number of carbonyl (C=O) groups excluding carboxylic acids is 1. The van der Waals surface area contributed by atoms with Gasteiger partial charge in [-0.25, -0.2) is 9.67 Å². The van der Waals surface area contributed by atoms with Crippen LogP contribution in [0.5, 0.6) is 0 Å². The third-order valence-corrected chi connectivity index (χ3v) is 2.71. The van der Waals surface area contributed by atoms with Gasteiger partial charge in [0.1, 0.15) is 12.9 Å². The molecule has 0 aliphatic rings. The summed E-state index contributed by atoms with van der Waals surface area (Å²) in [5.74, 6) is 0.129. The van der Waals surface area contributed by atoms with Gasteiger partial charge in [-0.3, -0.25) is 9.78 Å². The monoisotopic (exact) mass is 260 g/mol. The summed E-state index contributed by atoms with van der Waals surface area (Å²) >= 11 is 0. The van der Waals surface area contributed by atoms with E-state index in [-0.39, 0.29) is 18.4 Å². The topological polar surface area (TPSA) is 89.9 Å². The first-order chi connectivity index (χ1) is 9.15. The molecule has 2 rings (SSSR count). The zero-order valence-electron chi connectivity index (χ0n) is 10.7. The predicted octanol–water partition coefficient (Wildman–Crippen LogP) is -0.0436. The molecular weight excluding hydrogens is 244 g/mol. The Kier molecular flexibility index (Phi) is 4.07. The zero-order valence-corrected chi connectivity index (χ0v) is 10.7. The van der Waals surface area contributed by atoms with E-state index < -0.39 is 0 Å². The highest BCUT2D eigenvalue weighted by Crippen LogP contribution is 1.98. The van der Waals surface area contributed by atoms with Crippen molar-refractivity contribution in [3.05, 3.63) is 36.4 Å². The van der Waals surface area contributed by atoms with E-state index in [0.717, 1.165) is 12.1 Å². The SMILES string of the molecule is CN(CCc1ccccn1)C(=O)Cn1cnc(N)n1. The summed E-state index contributed by atoms with van der Waals surface area (Å²) < 4.78 is 1.43. The van der Waals surface area contributed by atoms with Gasteiger partial charge in [-0.15, -0.1) is 5.10 Å². The van der Waals surface area contributed by atoms with E-state index in [9.17, 15) is 4.79 Å². The maximum Gasteiger partial charge on any atom is 0.244 e. The highest BCUT2D eigenvalue weighted by atomic mass is 16.2. The smallest absolute Gasteiger partial charge is 0.244 e. The van der Waals surface area contributed by atoms with Crippen LogP contribution in [0.2, 0.25) is 0 Å². The van der Waals surface area contributed by atoms with Crippen molar-refractivity contribution < 1.29 is 4.79 Å². The Bertz CT molecular complexity index is 538. The molecule has 7 heteroatoms. The van der Waals surface area contributed by atoms with Crippen molar-refractivity contribution in [1.29, 1.82) is 0 Å². The van der Waals surface area contributed by atoms with Gasteiger partial charge in [0.2, 0.25) is 11.9 Å². The van der Waals surface area contributed by atoms with Crippen LogP contribution < -0.4 is 5.73 Å². The minimum atomic E-state index is -0.0409. The molecule has 0 aromatic carbocycles. The molecule has 100 valence electrons. The lowest BCUT2D eigenvalue weighted by Crippen LogP contribution is -2.32. The molecule has 0 saturated carbocycles. The average molecular weight is 260 g/mol. The van der Waals surface area contributed by atoms with Gasteiger partial charge in [0.05, 0.1) is 0 Å². The number of aromatic nitrogens is 4. The third kappa shape index (κ3) is 3.77. The molecule has 0 atom stereocenters. The Labute approximate surface area is 111 Å². The molecule has 0 aliphatic carbocycles.